The molecule has 0 bridgehead atoms. The quantitative estimate of drug-likeness (QED) is 0.778. The molecule has 4 heteroatoms. The topological polar surface area (TPSA) is 51.5 Å². The fourth-order valence-corrected chi connectivity index (χ4v) is 2.35. The van der Waals surface area contributed by atoms with Crippen molar-refractivity contribution in [1.82, 2.24) is 5.32 Å². The highest BCUT2D eigenvalue weighted by molar-refractivity contribution is 6.00. The van der Waals surface area contributed by atoms with Gasteiger partial charge >= 0.3 is 0 Å². The number of furan rings is 1. The van der Waals surface area contributed by atoms with Crippen LogP contribution in [0.4, 0.5) is 0 Å². The van der Waals surface area contributed by atoms with Crippen LogP contribution in [0.2, 0.25) is 0 Å². The van der Waals surface area contributed by atoms with Gasteiger partial charge < -0.3 is 14.5 Å². The van der Waals surface area contributed by atoms with Crippen molar-refractivity contribution in [3.8, 4) is 17.1 Å². The monoisotopic (exact) mass is 307 g/mol. The Hall–Kier alpha value is -3.01. The van der Waals surface area contributed by atoms with Gasteiger partial charge in [-0.25, -0.2) is 0 Å². The normalized spacial score (nSPS) is 10.3. The van der Waals surface area contributed by atoms with E-state index in [9.17, 15) is 4.79 Å². The van der Waals surface area contributed by atoms with Gasteiger partial charge in [-0.2, -0.15) is 0 Å². The standard InChI is InChI=1S/C19H17NO3/c1-22-15-10-8-14(9-11-15)13-20-19(21)17-6-3-2-5-16(17)18-7-4-12-23-18/h2-12H,13H2,1H3,(H,20,21). The van der Waals surface area contributed by atoms with Crippen molar-refractivity contribution in [2.45, 2.75) is 6.54 Å². The Kier molecular flexibility index (Phi) is 4.43. The van der Waals surface area contributed by atoms with E-state index in [1.165, 1.54) is 0 Å². The van der Waals surface area contributed by atoms with Gasteiger partial charge in [0.25, 0.3) is 5.91 Å². The fraction of sp³-hybridized carbons (Fsp3) is 0.105. The number of hydrogen-bond acceptors (Lipinski definition) is 3. The Morgan fingerprint density at radius 1 is 1.04 bits per heavy atom. The Morgan fingerprint density at radius 3 is 2.52 bits per heavy atom. The average molecular weight is 307 g/mol. The SMILES string of the molecule is COc1ccc(CNC(=O)c2ccccc2-c2ccco2)cc1. The van der Waals surface area contributed by atoms with Crippen LogP contribution >= 0.6 is 0 Å². The first-order valence-corrected chi connectivity index (χ1v) is 7.32. The minimum Gasteiger partial charge on any atom is -0.497 e. The van der Waals surface area contributed by atoms with E-state index in [-0.39, 0.29) is 5.91 Å². The van der Waals surface area contributed by atoms with Gasteiger partial charge in [0.05, 0.1) is 18.9 Å². The molecule has 1 N–H and O–H groups in total. The molecular formula is C19H17NO3. The maximum absolute atomic E-state index is 12.5. The van der Waals surface area contributed by atoms with Crippen LogP contribution in [0, 0.1) is 0 Å². The van der Waals surface area contributed by atoms with Gasteiger partial charge in [-0.3, -0.25) is 4.79 Å². The van der Waals surface area contributed by atoms with Crippen molar-refractivity contribution in [2.75, 3.05) is 7.11 Å². The molecule has 0 aliphatic heterocycles. The highest BCUT2D eigenvalue weighted by Crippen LogP contribution is 2.24. The molecule has 1 heterocycles. The summed E-state index contributed by atoms with van der Waals surface area (Å²) < 4.78 is 10.5. The van der Waals surface area contributed by atoms with E-state index in [1.54, 1.807) is 25.5 Å². The van der Waals surface area contributed by atoms with Gasteiger partial charge in [-0.05, 0) is 35.9 Å². The van der Waals surface area contributed by atoms with Gasteiger partial charge in [0, 0.05) is 12.1 Å². The number of methoxy groups -OCH3 is 1. The third-order valence-corrected chi connectivity index (χ3v) is 3.57. The lowest BCUT2D eigenvalue weighted by Crippen LogP contribution is -2.23. The molecule has 1 aromatic heterocycles. The Bertz CT molecular complexity index is 777. The maximum atomic E-state index is 12.5. The molecule has 3 aromatic rings. The first-order chi connectivity index (χ1) is 11.3. The molecule has 0 spiro atoms. The number of carbonyl (C=O) groups excluding carboxylic acids is 1. The minimum atomic E-state index is -0.132. The molecule has 0 atom stereocenters. The van der Waals surface area contributed by atoms with E-state index in [1.807, 2.05) is 48.5 Å². The van der Waals surface area contributed by atoms with Gasteiger partial charge in [0.1, 0.15) is 11.5 Å². The first-order valence-electron chi connectivity index (χ1n) is 7.32. The highest BCUT2D eigenvalue weighted by Gasteiger charge is 2.13. The number of nitrogens with one attached hydrogen (secondary N) is 1. The van der Waals surface area contributed by atoms with Crippen LogP contribution < -0.4 is 10.1 Å². The zero-order chi connectivity index (χ0) is 16.1. The zero-order valence-corrected chi connectivity index (χ0v) is 12.8. The Labute approximate surface area is 134 Å². The summed E-state index contributed by atoms with van der Waals surface area (Å²) in [7, 11) is 1.63. The van der Waals surface area contributed by atoms with Crippen LogP contribution in [0.3, 0.4) is 0 Å². The van der Waals surface area contributed by atoms with Crippen LogP contribution in [-0.4, -0.2) is 13.0 Å². The molecule has 1 amide bonds. The third kappa shape index (κ3) is 3.43. The van der Waals surface area contributed by atoms with Crippen LogP contribution in [0.25, 0.3) is 11.3 Å². The first kappa shape index (κ1) is 14.9. The molecule has 3 rings (SSSR count). The lowest BCUT2D eigenvalue weighted by Gasteiger charge is -2.09. The molecule has 0 saturated heterocycles. The van der Waals surface area contributed by atoms with Crippen LogP contribution in [0.5, 0.6) is 5.75 Å². The van der Waals surface area contributed by atoms with Gasteiger partial charge in [-0.15, -0.1) is 0 Å². The smallest absolute Gasteiger partial charge is 0.252 e. The minimum absolute atomic E-state index is 0.132. The van der Waals surface area contributed by atoms with E-state index in [0.717, 1.165) is 16.9 Å². The number of amides is 1. The summed E-state index contributed by atoms with van der Waals surface area (Å²) in [5, 5.41) is 2.93. The zero-order valence-electron chi connectivity index (χ0n) is 12.8. The molecule has 2 aromatic carbocycles. The molecule has 0 fully saturated rings. The van der Waals surface area contributed by atoms with Crippen molar-refractivity contribution in [3.63, 3.8) is 0 Å². The summed E-state index contributed by atoms with van der Waals surface area (Å²) in [5.74, 6) is 1.34. The highest BCUT2D eigenvalue weighted by atomic mass is 16.5. The molecule has 0 unspecified atom stereocenters. The number of carbonyl (C=O) groups is 1. The summed E-state index contributed by atoms with van der Waals surface area (Å²) in [5.41, 5.74) is 2.38. The average Bonchev–Trinajstić information content (AvgIpc) is 3.14. The van der Waals surface area contributed by atoms with Crippen molar-refractivity contribution >= 4 is 5.91 Å². The molecule has 4 nitrogen and oxygen atoms in total. The second-order valence-electron chi connectivity index (χ2n) is 5.05. The van der Waals surface area contributed by atoms with Crippen molar-refractivity contribution in [3.05, 3.63) is 78.1 Å². The number of benzene rings is 2. The van der Waals surface area contributed by atoms with Crippen LogP contribution in [0.15, 0.2) is 71.3 Å². The summed E-state index contributed by atoms with van der Waals surface area (Å²) in [6.45, 7) is 0.454. The van der Waals surface area contributed by atoms with Crippen molar-refractivity contribution < 1.29 is 13.9 Å². The summed E-state index contributed by atoms with van der Waals surface area (Å²) in [6.07, 6.45) is 1.60. The van der Waals surface area contributed by atoms with Crippen LogP contribution in [0.1, 0.15) is 15.9 Å². The largest absolute Gasteiger partial charge is 0.497 e. The van der Waals surface area contributed by atoms with E-state index < -0.39 is 0 Å². The van der Waals surface area contributed by atoms with E-state index in [2.05, 4.69) is 5.32 Å². The van der Waals surface area contributed by atoms with Gasteiger partial charge in [0.2, 0.25) is 0 Å². The molecule has 23 heavy (non-hydrogen) atoms. The molecule has 0 aliphatic rings. The molecule has 0 aliphatic carbocycles. The molecular weight excluding hydrogens is 290 g/mol. The second-order valence-corrected chi connectivity index (χ2v) is 5.05. The fourth-order valence-electron chi connectivity index (χ4n) is 2.35. The number of rotatable bonds is 5. The van der Waals surface area contributed by atoms with Gasteiger partial charge in [-0.1, -0.05) is 30.3 Å². The Balaban J connectivity index is 1.73. The lowest BCUT2D eigenvalue weighted by atomic mass is 10.0. The number of ether oxygens (including phenoxy) is 1. The van der Waals surface area contributed by atoms with Crippen molar-refractivity contribution in [2.24, 2.45) is 0 Å². The van der Waals surface area contributed by atoms with E-state index >= 15 is 0 Å². The molecule has 0 radical (unpaired) electrons. The second kappa shape index (κ2) is 6.83. The van der Waals surface area contributed by atoms with Gasteiger partial charge in [0.15, 0.2) is 0 Å². The Morgan fingerprint density at radius 2 is 1.83 bits per heavy atom. The van der Waals surface area contributed by atoms with E-state index in [4.69, 9.17) is 9.15 Å². The van der Waals surface area contributed by atoms with Crippen LogP contribution in [-0.2, 0) is 6.54 Å². The molecule has 116 valence electrons. The van der Waals surface area contributed by atoms with E-state index in [0.29, 0.717) is 17.9 Å². The predicted molar refractivity (Wildman–Crippen MR) is 88.3 cm³/mol. The summed E-state index contributed by atoms with van der Waals surface area (Å²) in [4.78, 5) is 12.5. The summed E-state index contributed by atoms with van der Waals surface area (Å²) in [6, 6.07) is 18.7. The third-order valence-electron chi connectivity index (χ3n) is 3.57. The predicted octanol–water partition coefficient (Wildman–Crippen LogP) is 3.89. The number of hydrogen-bond donors (Lipinski definition) is 1. The lowest BCUT2D eigenvalue weighted by molar-refractivity contribution is 0.0951. The van der Waals surface area contributed by atoms with Crippen molar-refractivity contribution in [1.29, 1.82) is 0 Å². The maximum Gasteiger partial charge on any atom is 0.252 e. The molecule has 0 saturated carbocycles. The summed E-state index contributed by atoms with van der Waals surface area (Å²) >= 11 is 0.